The predicted octanol–water partition coefficient (Wildman–Crippen LogP) is 5.43. The fraction of sp³-hybridized carbons (Fsp3) is 0.174. The third-order valence-electron chi connectivity index (χ3n) is 5.46. The number of thiophene rings is 1. The highest BCUT2D eigenvalue weighted by molar-refractivity contribution is 7.10. The Morgan fingerprint density at radius 2 is 1.82 bits per heavy atom. The standard InChI is InChI=1S/C23H20N2O2S/c26-16-6-3-5-14(11-16)23-22-19(24-17-7-1-2-8-18(17)25-23)12-15(13-20(22)27)21-9-4-10-28-21/h1-11,15,23-26H,12-13H2/t15-,23+/m1/s1. The predicted molar refractivity (Wildman–Crippen MR) is 113 cm³/mol. The molecule has 0 saturated heterocycles. The summed E-state index contributed by atoms with van der Waals surface area (Å²) in [7, 11) is 0. The van der Waals surface area contributed by atoms with Crippen LogP contribution >= 0.6 is 11.3 Å². The van der Waals surface area contributed by atoms with Crippen LogP contribution in [0.2, 0.25) is 0 Å². The van der Waals surface area contributed by atoms with Gasteiger partial charge in [0.2, 0.25) is 0 Å². The van der Waals surface area contributed by atoms with Gasteiger partial charge >= 0.3 is 0 Å². The number of fused-ring (bicyclic) bond motifs is 1. The van der Waals surface area contributed by atoms with Gasteiger partial charge in [-0.1, -0.05) is 30.3 Å². The van der Waals surface area contributed by atoms with E-state index in [2.05, 4.69) is 22.1 Å². The number of allylic oxidation sites excluding steroid dienone is 1. The average Bonchev–Trinajstić information content (AvgIpc) is 3.17. The van der Waals surface area contributed by atoms with Crippen LogP contribution in [0.4, 0.5) is 11.4 Å². The summed E-state index contributed by atoms with van der Waals surface area (Å²) in [6, 6.07) is 19.0. The second-order valence-electron chi connectivity index (χ2n) is 7.28. The maximum absolute atomic E-state index is 13.3. The Labute approximate surface area is 167 Å². The van der Waals surface area contributed by atoms with Crippen molar-refractivity contribution in [1.29, 1.82) is 0 Å². The summed E-state index contributed by atoms with van der Waals surface area (Å²) < 4.78 is 0. The summed E-state index contributed by atoms with van der Waals surface area (Å²) in [5, 5.41) is 19.1. The molecular formula is C23H20N2O2S. The van der Waals surface area contributed by atoms with Crippen LogP contribution in [0.3, 0.4) is 0 Å². The number of carbonyl (C=O) groups is 1. The van der Waals surface area contributed by atoms with E-state index in [1.807, 2.05) is 42.5 Å². The maximum Gasteiger partial charge on any atom is 0.163 e. The Morgan fingerprint density at radius 1 is 0.964 bits per heavy atom. The summed E-state index contributed by atoms with van der Waals surface area (Å²) >= 11 is 1.71. The number of hydrogen-bond donors (Lipinski definition) is 3. The molecule has 3 N–H and O–H groups in total. The number of rotatable bonds is 2. The minimum atomic E-state index is -0.296. The molecule has 0 radical (unpaired) electrons. The first-order valence-electron chi connectivity index (χ1n) is 9.40. The van der Waals surface area contributed by atoms with E-state index in [4.69, 9.17) is 0 Å². The van der Waals surface area contributed by atoms with Gasteiger partial charge in [0.05, 0.1) is 17.4 Å². The largest absolute Gasteiger partial charge is 0.508 e. The molecule has 1 aliphatic heterocycles. The molecule has 5 rings (SSSR count). The molecule has 0 saturated carbocycles. The summed E-state index contributed by atoms with van der Waals surface area (Å²) in [5.74, 6) is 0.557. The van der Waals surface area contributed by atoms with Crippen LogP contribution in [-0.2, 0) is 4.79 Å². The summed E-state index contributed by atoms with van der Waals surface area (Å²) in [6.07, 6.45) is 1.31. The van der Waals surface area contributed by atoms with E-state index in [-0.39, 0.29) is 23.5 Å². The van der Waals surface area contributed by atoms with Crippen LogP contribution in [-0.4, -0.2) is 10.9 Å². The molecule has 0 bridgehead atoms. The molecule has 0 fully saturated rings. The van der Waals surface area contributed by atoms with Crippen molar-refractivity contribution in [3.63, 3.8) is 0 Å². The number of aromatic hydroxyl groups is 1. The van der Waals surface area contributed by atoms with Crippen LogP contribution in [0.25, 0.3) is 0 Å². The van der Waals surface area contributed by atoms with E-state index in [1.54, 1.807) is 23.5 Å². The second-order valence-corrected chi connectivity index (χ2v) is 8.26. The van der Waals surface area contributed by atoms with Gasteiger partial charge in [-0.3, -0.25) is 4.79 Å². The number of anilines is 2. The molecule has 1 aliphatic carbocycles. The number of nitrogens with one attached hydrogen (secondary N) is 2. The zero-order valence-electron chi connectivity index (χ0n) is 15.2. The fourth-order valence-electron chi connectivity index (χ4n) is 4.17. The molecule has 5 heteroatoms. The lowest BCUT2D eigenvalue weighted by Crippen LogP contribution is -2.26. The number of para-hydroxylation sites is 2. The molecule has 0 unspecified atom stereocenters. The smallest absolute Gasteiger partial charge is 0.163 e. The zero-order chi connectivity index (χ0) is 19.1. The van der Waals surface area contributed by atoms with E-state index in [0.717, 1.165) is 34.6 Å². The van der Waals surface area contributed by atoms with Crippen LogP contribution in [0.1, 0.15) is 35.2 Å². The number of carbonyl (C=O) groups excluding carboxylic acids is 1. The van der Waals surface area contributed by atoms with Crippen molar-refractivity contribution in [1.82, 2.24) is 0 Å². The first-order chi connectivity index (χ1) is 13.7. The van der Waals surface area contributed by atoms with E-state index in [1.165, 1.54) is 4.88 Å². The Kier molecular flexibility index (Phi) is 4.17. The highest BCUT2D eigenvalue weighted by Crippen LogP contribution is 2.45. The summed E-state index contributed by atoms with van der Waals surface area (Å²) in [6.45, 7) is 0. The van der Waals surface area contributed by atoms with E-state index in [0.29, 0.717) is 6.42 Å². The molecule has 4 nitrogen and oxygen atoms in total. The van der Waals surface area contributed by atoms with Crippen molar-refractivity contribution in [3.05, 3.63) is 87.8 Å². The van der Waals surface area contributed by atoms with Gasteiger partial charge in [0.1, 0.15) is 5.75 Å². The van der Waals surface area contributed by atoms with Gasteiger partial charge in [0.25, 0.3) is 0 Å². The molecular weight excluding hydrogens is 368 g/mol. The SMILES string of the molecule is O=C1C[C@H](c2cccs2)CC2=C1[C@H](c1cccc(O)c1)Nc1ccccc1N2. The quantitative estimate of drug-likeness (QED) is 0.548. The number of phenolic OH excluding ortho intramolecular Hbond substituents is 1. The average molecular weight is 388 g/mol. The fourth-order valence-corrected chi connectivity index (χ4v) is 5.00. The summed E-state index contributed by atoms with van der Waals surface area (Å²) in [5.41, 5.74) is 4.55. The molecule has 2 heterocycles. The normalized spacial score (nSPS) is 21.2. The van der Waals surface area contributed by atoms with Gasteiger partial charge in [0.15, 0.2) is 5.78 Å². The Balaban J connectivity index is 1.64. The van der Waals surface area contributed by atoms with Crippen molar-refractivity contribution < 1.29 is 9.90 Å². The highest BCUT2D eigenvalue weighted by Gasteiger charge is 2.36. The molecule has 140 valence electrons. The molecule has 3 aromatic rings. The van der Waals surface area contributed by atoms with E-state index in [9.17, 15) is 9.90 Å². The topological polar surface area (TPSA) is 61.4 Å². The lowest BCUT2D eigenvalue weighted by molar-refractivity contribution is -0.116. The monoisotopic (exact) mass is 388 g/mol. The Morgan fingerprint density at radius 3 is 2.61 bits per heavy atom. The van der Waals surface area contributed by atoms with Crippen LogP contribution in [0.5, 0.6) is 5.75 Å². The third-order valence-corrected chi connectivity index (χ3v) is 6.49. The second kappa shape index (κ2) is 6.84. The lowest BCUT2D eigenvalue weighted by Gasteiger charge is -2.29. The third kappa shape index (κ3) is 2.98. The number of ketones is 1. The molecule has 2 aromatic carbocycles. The minimum absolute atomic E-state index is 0.154. The van der Waals surface area contributed by atoms with Crippen molar-refractivity contribution in [3.8, 4) is 5.75 Å². The van der Waals surface area contributed by atoms with Gasteiger partial charge in [-0.25, -0.2) is 0 Å². The number of benzene rings is 2. The molecule has 2 atom stereocenters. The molecule has 28 heavy (non-hydrogen) atoms. The Hall–Kier alpha value is -3.05. The molecule has 1 aromatic heterocycles. The van der Waals surface area contributed by atoms with Gasteiger partial charge in [-0.15, -0.1) is 11.3 Å². The number of hydrogen-bond acceptors (Lipinski definition) is 5. The Bertz CT molecular complexity index is 1070. The van der Waals surface area contributed by atoms with Crippen molar-refractivity contribution in [2.75, 3.05) is 10.6 Å². The van der Waals surface area contributed by atoms with Gasteiger partial charge < -0.3 is 15.7 Å². The van der Waals surface area contributed by atoms with E-state index >= 15 is 0 Å². The van der Waals surface area contributed by atoms with Crippen LogP contribution in [0, 0.1) is 0 Å². The molecule has 0 amide bonds. The first-order valence-corrected chi connectivity index (χ1v) is 10.3. The zero-order valence-corrected chi connectivity index (χ0v) is 16.0. The van der Waals surface area contributed by atoms with Crippen LogP contribution < -0.4 is 10.6 Å². The molecule has 0 spiro atoms. The number of phenols is 1. The first kappa shape index (κ1) is 17.1. The van der Waals surface area contributed by atoms with E-state index < -0.39 is 0 Å². The minimum Gasteiger partial charge on any atom is -0.508 e. The molecule has 2 aliphatic rings. The van der Waals surface area contributed by atoms with Crippen LogP contribution in [0.15, 0.2) is 77.3 Å². The maximum atomic E-state index is 13.3. The lowest BCUT2D eigenvalue weighted by atomic mass is 9.81. The van der Waals surface area contributed by atoms with Crippen molar-refractivity contribution in [2.45, 2.75) is 24.8 Å². The van der Waals surface area contributed by atoms with Crippen molar-refractivity contribution in [2.24, 2.45) is 0 Å². The van der Waals surface area contributed by atoms with Gasteiger partial charge in [0, 0.05) is 28.5 Å². The highest BCUT2D eigenvalue weighted by atomic mass is 32.1. The van der Waals surface area contributed by atoms with Crippen molar-refractivity contribution >= 4 is 28.5 Å². The summed E-state index contributed by atoms with van der Waals surface area (Å²) in [4.78, 5) is 14.6. The number of Topliss-reactive ketones (excluding diaryl/α,β-unsaturated/α-hetero) is 1. The van der Waals surface area contributed by atoms with Gasteiger partial charge in [-0.2, -0.15) is 0 Å². The van der Waals surface area contributed by atoms with Gasteiger partial charge in [-0.05, 0) is 47.7 Å².